The van der Waals surface area contributed by atoms with Crippen molar-refractivity contribution in [2.45, 2.75) is 24.9 Å². The third-order valence-corrected chi connectivity index (χ3v) is 2.71. The summed E-state index contributed by atoms with van der Waals surface area (Å²) in [5, 5.41) is 2.63. The van der Waals surface area contributed by atoms with Crippen molar-refractivity contribution in [3.05, 3.63) is 35.4 Å². The maximum Gasteiger partial charge on any atom is 0.207 e. The van der Waals surface area contributed by atoms with E-state index in [4.69, 9.17) is 5.73 Å². The summed E-state index contributed by atoms with van der Waals surface area (Å²) >= 11 is 0. The van der Waals surface area contributed by atoms with E-state index < -0.39 is 0 Å². The van der Waals surface area contributed by atoms with Gasteiger partial charge in [0, 0.05) is 12.1 Å². The smallest absolute Gasteiger partial charge is 0.207 e. The van der Waals surface area contributed by atoms with E-state index in [0.29, 0.717) is 13.0 Å². The molecule has 3 heteroatoms. The summed E-state index contributed by atoms with van der Waals surface area (Å²) < 4.78 is 0. The molecule has 0 bridgehead atoms. The Labute approximate surface area is 83.3 Å². The zero-order chi connectivity index (χ0) is 10.0. The standard InChI is InChI=1S/C11H14N2O/c12-11(5-6-11)10-3-1-9(2-4-10)7-13-8-14/h1-4,8H,5-7,12H2,(H,13,14). The highest BCUT2D eigenvalue weighted by Gasteiger charge is 2.39. The highest BCUT2D eigenvalue weighted by Crippen LogP contribution is 2.42. The summed E-state index contributed by atoms with van der Waals surface area (Å²) in [7, 11) is 0. The lowest BCUT2D eigenvalue weighted by Gasteiger charge is -2.09. The summed E-state index contributed by atoms with van der Waals surface area (Å²) in [4.78, 5) is 10.1. The second-order valence-corrected chi connectivity index (χ2v) is 3.85. The lowest BCUT2D eigenvalue weighted by Crippen LogP contribution is -2.18. The third-order valence-electron chi connectivity index (χ3n) is 2.71. The predicted octanol–water partition coefficient (Wildman–Crippen LogP) is 0.880. The first-order chi connectivity index (χ1) is 6.74. The van der Waals surface area contributed by atoms with Crippen molar-refractivity contribution in [1.29, 1.82) is 0 Å². The minimum atomic E-state index is -0.0589. The molecule has 3 nitrogen and oxygen atoms in total. The van der Waals surface area contributed by atoms with E-state index in [1.807, 2.05) is 12.1 Å². The summed E-state index contributed by atoms with van der Waals surface area (Å²) in [6, 6.07) is 8.13. The fourth-order valence-electron chi connectivity index (χ4n) is 1.54. The Morgan fingerprint density at radius 3 is 2.50 bits per heavy atom. The second kappa shape index (κ2) is 3.42. The normalized spacial score (nSPS) is 17.5. The van der Waals surface area contributed by atoms with Crippen LogP contribution in [0.15, 0.2) is 24.3 Å². The minimum Gasteiger partial charge on any atom is -0.355 e. The number of nitrogens with one attached hydrogen (secondary N) is 1. The molecule has 1 aliphatic carbocycles. The van der Waals surface area contributed by atoms with E-state index in [2.05, 4.69) is 17.4 Å². The van der Waals surface area contributed by atoms with Crippen LogP contribution < -0.4 is 11.1 Å². The Balaban J connectivity index is 2.06. The first-order valence-electron chi connectivity index (χ1n) is 4.80. The van der Waals surface area contributed by atoms with Crippen molar-refractivity contribution >= 4 is 6.41 Å². The molecule has 3 N–H and O–H groups in total. The van der Waals surface area contributed by atoms with Crippen LogP contribution in [0, 0.1) is 0 Å². The SMILES string of the molecule is NC1(c2ccc(CNC=O)cc2)CC1. The van der Waals surface area contributed by atoms with Crippen molar-refractivity contribution in [2.24, 2.45) is 5.73 Å². The van der Waals surface area contributed by atoms with Crippen LogP contribution in [0.25, 0.3) is 0 Å². The molecule has 1 aromatic carbocycles. The number of benzene rings is 1. The largest absolute Gasteiger partial charge is 0.355 e. The minimum absolute atomic E-state index is 0.0589. The Hall–Kier alpha value is -1.35. The van der Waals surface area contributed by atoms with Gasteiger partial charge in [-0.2, -0.15) is 0 Å². The molecular weight excluding hydrogens is 176 g/mol. The molecule has 0 heterocycles. The summed E-state index contributed by atoms with van der Waals surface area (Å²) in [5.41, 5.74) is 8.29. The van der Waals surface area contributed by atoms with E-state index in [-0.39, 0.29) is 5.54 Å². The number of carbonyl (C=O) groups excluding carboxylic acids is 1. The van der Waals surface area contributed by atoms with Crippen LogP contribution in [0.3, 0.4) is 0 Å². The number of rotatable bonds is 4. The van der Waals surface area contributed by atoms with Gasteiger partial charge in [-0.05, 0) is 24.0 Å². The first kappa shape index (κ1) is 9.21. The number of hydrogen-bond acceptors (Lipinski definition) is 2. The van der Waals surface area contributed by atoms with Gasteiger partial charge in [-0.1, -0.05) is 24.3 Å². The molecular formula is C11H14N2O. The molecule has 0 atom stereocenters. The van der Waals surface area contributed by atoms with Gasteiger partial charge in [0.05, 0.1) is 0 Å². The van der Waals surface area contributed by atoms with Crippen LogP contribution >= 0.6 is 0 Å². The molecule has 0 aliphatic heterocycles. The molecule has 1 aromatic rings. The third kappa shape index (κ3) is 1.77. The molecule has 1 aliphatic rings. The van der Waals surface area contributed by atoms with E-state index in [1.165, 1.54) is 5.56 Å². The van der Waals surface area contributed by atoms with Gasteiger partial charge in [-0.3, -0.25) is 4.79 Å². The number of amides is 1. The van der Waals surface area contributed by atoms with Gasteiger partial charge in [-0.25, -0.2) is 0 Å². The molecule has 1 amide bonds. The van der Waals surface area contributed by atoms with Crippen molar-refractivity contribution in [3.8, 4) is 0 Å². The maximum absolute atomic E-state index is 10.1. The van der Waals surface area contributed by atoms with Crippen molar-refractivity contribution in [3.63, 3.8) is 0 Å². The van der Waals surface area contributed by atoms with Crippen LogP contribution in [-0.2, 0) is 16.9 Å². The zero-order valence-corrected chi connectivity index (χ0v) is 7.99. The summed E-state index contributed by atoms with van der Waals surface area (Å²) in [6.07, 6.45) is 2.87. The Kier molecular flexibility index (Phi) is 2.25. The number of carbonyl (C=O) groups is 1. The monoisotopic (exact) mass is 190 g/mol. The van der Waals surface area contributed by atoms with Gasteiger partial charge in [0.15, 0.2) is 0 Å². The Morgan fingerprint density at radius 1 is 1.36 bits per heavy atom. The van der Waals surface area contributed by atoms with Crippen molar-refractivity contribution < 1.29 is 4.79 Å². The van der Waals surface area contributed by atoms with Gasteiger partial charge in [0.1, 0.15) is 0 Å². The molecule has 0 radical (unpaired) electrons. The molecule has 0 saturated heterocycles. The van der Waals surface area contributed by atoms with Gasteiger partial charge < -0.3 is 11.1 Å². The molecule has 1 saturated carbocycles. The van der Waals surface area contributed by atoms with E-state index in [9.17, 15) is 4.79 Å². The van der Waals surface area contributed by atoms with E-state index in [0.717, 1.165) is 18.4 Å². The lowest BCUT2D eigenvalue weighted by atomic mass is 10.0. The average Bonchev–Trinajstić information content (AvgIpc) is 2.96. The van der Waals surface area contributed by atoms with Crippen molar-refractivity contribution in [1.82, 2.24) is 5.32 Å². The van der Waals surface area contributed by atoms with Gasteiger partial charge in [-0.15, -0.1) is 0 Å². The van der Waals surface area contributed by atoms with Gasteiger partial charge >= 0.3 is 0 Å². The molecule has 0 aromatic heterocycles. The summed E-state index contributed by atoms with van der Waals surface area (Å²) in [6.45, 7) is 0.585. The van der Waals surface area contributed by atoms with Crippen LogP contribution in [0.4, 0.5) is 0 Å². The predicted molar refractivity (Wildman–Crippen MR) is 54.4 cm³/mol. The zero-order valence-electron chi connectivity index (χ0n) is 7.99. The van der Waals surface area contributed by atoms with Crippen molar-refractivity contribution in [2.75, 3.05) is 0 Å². The van der Waals surface area contributed by atoms with Crippen LogP contribution in [0.1, 0.15) is 24.0 Å². The van der Waals surface area contributed by atoms with Crippen LogP contribution in [0.2, 0.25) is 0 Å². The maximum atomic E-state index is 10.1. The number of hydrogen-bond donors (Lipinski definition) is 2. The van der Waals surface area contributed by atoms with Gasteiger partial charge in [0.25, 0.3) is 0 Å². The first-order valence-corrected chi connectivity index (χ1v) is 4.80. The molecule has 74 valence electrons. The Morgan fingerprint density at radius 2 is 2.00 bits per heavy atom. The molecule has 0 unspecified atom stereocenters. The Bertz CT molecular complexity index is 328. The van der Waals surface area contributed by atoms with Crippen LogP contribution in [-0.4, -0.2) is 6.41 Å². The fourth-order valence-corrected chi connectivity index (χ4v) is 1.54. The molecule has 14 heavy (non-hydrogen) atoms. The van der Waals surface area contributed by atoms with Gasteiger partial charge in [0.2, 0.25) is 6.41 Å². The molecule has 1 fully saturated rings. The summed E-state index contributed by atoms with van der Waals surface area (Å²) in [5.74, 6) is 0. The average molecular weight is 190 g/mol. The highest BCUT2D eigenvalue weighted by atomic mass is 16.1. The fraction of sp³-hybridized carbons (Fsp3) is 0.364. The van der Waals surface area contributed by atoms with E-state index >= 15 is 0 Å². The molecule has 0 spiro atoms. The second-order valence-electron chi connectivity index (χ2n) is 3.85. The topological polar surface area (TPSA) is 55.1 Å². The highest BCUT2D eigenvalue weighted by molar-refractivity contribution is 5.46. The van der Waals surface area contributed by atoms with E-state index in [1.54, 1.807) is 0 Å². The van der Waals surface area contributed by atoms with Crippen LogP contribution in [0.5, 0.6) is 0 Å². The quantitative estimate of drug-likeness (QED) is 0.692. The number of nitrogens with two attached hydrogens (primary N) is 1. The lowest BCUT2D eigenvalue weighted by molar-refractivity contribution is -0.109. The molecule has 2 rings (SSSR count).